The van der Waals surface area contributed by atoms with Gasteiger partial charge in [0.25, 0.3) is 0 Å². The molecule has 6 heteroatoms. The number of hydrogen-bond acceptors (Lipinski definition) is 3. The summed E-state index contributed by atoms with van der Waals surface area (Å²) in [5.41, 5.74) is 2.06. The summed E-state index contributed by atoms with van der Waals surface area (Å²) in [5.74, 6) is 0.378. The Morgan fingerprint density at radius 3 is 2.38 bits per heavy atom. The highest BCUT2D eigenvalue weighted by Gasteiger charge is 2.20. The molecule has 0 spiro atoms. The van der Waals surface area contributed by atoms with Gasteiger partial charge < -0.3 is 4.74 Å². The monoisotopic (exact) mass is 367 g/mol. The van der Waals surface area contributed by atoms with E-state index in [2.05, 4.69) is 4.72 Å². The van der Waals surface area contributed by atoms with Gasteiger partial charge in [-0.3, -0.25) is 0 Å². The fraction of sp³-hybridized carbons (Fsp3) is 0.333. The van der Waals surface area contributed by atoms with E-state index < -0.39 is 10.0 Å². The number of aryl methyl sites for hydroxylation is 1. The maximum absolute atomic E-state index is 12.6. The van der Waals surface area contributed by atoms with Gasteiger partial charge in [-0.1, -0.05) is 48.0 Å². The zero-order valence-corrected chi connectivity index (χ0v) is 15.2. The molecule has 0 bridgehead atoms. The SMILES string of the molecule is Cc1ccc(S(=O)(=O)N[C@@H](COCCCl)Cc2ccccc2)cc1. The smallest absolute Gasteiger partial charge is 0.240 e. The molecular formula is C18H22ClNO3S. The third-order valence-electron chi connectivity index (χ3n) is 3.52. The molecule has 4 nitrogen and oxygen atoms in total. The van der Waals surface area contributed by atoms with Gasteiger partial charge in [-0.25, -0.2) is 13.1 Å². The topological polar surface area (TPSA) is 55.4 Å². The summed E-state index contributed by atoms with van der Waals surface area (Å²) in [6.45, 7) is 2.58. The van der Waals surface area contributed by atoms with Gasteiger partial charge in [0.15, 0.2) is 0 Å². The number of hydrogen-bond donors (Lipinski definition) is 1. The summed E-state index contributed by atoms with van der Waals surface area (Å²) in [5, 5.41) is 0. The lowest BCUT2D eigenvalue weighted by Gasteiger charge is -2.19. The molecule has 1 N–H and O–H groups in total. The Kier molecular flexibility index (Phi) is 7.24. The van der Waals surface area contributed by atoms with Gasteiger partial charge in [0.1, 0.15) is 0 Å². The number of nitrogens with one attached hydrogen (secondary N) is 1. The second kappa shape index (κ2) is 9.18. The molecule has 0 saturated carbocycles. The van der Waals surface area contributed by atoms with Crippen LogP contribution in [0.4, 0.5) is 0 Å². The van der Waals surface area contributed by atoms with E-state index in [-0.39, 0.29) is 17.5 Å². The van der Waals surface area contributed by atoms with Gasteiger partial charge in [0, 0.05) is 11.9 Å². The second-order valence-corrected chi connectivity index (χ2v) is 7.68. The zero-order chi connectivity index (χ0) is 17.4. The highest BCUT2D eigenvalue weighted by Crippen LogP contribution is 2.12. The van der Waals surface area contributed by atoms with E-state index in [1.165, 1.54) is 0 Å². The van der Waals surface area contributed by atoms with E-state index in [9.17, 15) is 8.42 Å². The van der Waals surface area contributed by atoms with Gasteiger partial charge in [-0.05, 0) is 31.0 Å². The van der Waals surface area contributed by atoms with Crippen molar-refractivity contribution >= 4 is 21.6 Å². The predicted molar refractivity (Wildman–Crippen MR) is 97.0 cm³/mol. The third kappa shape index (κ3) is 5.91. The minimum absolute atomic E-state index is 0.253. The molecule has 0 amide bonds. The average molecular weight is 368 g/mol. The maximum Gasteiger partial charge on any atom is 0.240 e. The van der Waals surface area contributed by atoms with E-state index in [1.807, 2.05) is 37.3 Å². The molecule has 24 heavy (non-hydrogen) atoms. The lowest BCUT2D eigenvalue weighted by Crippen LogP contribution is -2.40. The number of ether oxygens (including phenoxy) is 1. The van der Waals surface area contributed by atoms with Gasteiger partial charge in [0.05, 0.1) is 18.1 Å². The molecule has 0 heterocycles. The quantitative estimate of drug-likeness (QED) is 0.547. The molecule has 2 aromatic rings. The molecule has 0 aliphatic rings. The van der Waals surface area contributed by atoms with Crippen LogP contribution < -0.4 is 4.72 Å². The van der Waals surface area contributed by atoms with E-state index in [1.54, 1.807) is 24.3 Å². The predicted octanol–water partition coefficient (Wildman–Crippen LogP) is 3.14. The minimum Gasteiger partial charge on any atom is -0.379 e. The number of benzene rings is 2. The zero-order valence-electron chi connectivity index (χ0n) is 13.6. The Morgan fingerprint density at radius 2 is 1.75 bits per heavy atom. The molecule has 0 aliphatic heterocycles. The van der Waals surface area contributed by atoms with Crippen molar-refractivity contribution in [1.82, 2.24) is 4.72 Å². The number of sulfonamides is 1. The molecule has 2 aromatic carbocycles. The van der Waals surface area contributed by atoms with E-state index in [0.717, 1.165) is 11.1 Å². The van der Waals surface area contributed by atoms with Crippen molar-refractivity contribution in [3.8, 4) is 0 Å². The Labute approximate surface area is 148 Å². The lowest BCUT2D eigenvalue weighted by atomic mass is 10.1. The summed E-state index contributed by atoms with van der Waals surface area (Å²) >= 11 is 5.63. The normalized spacial score (nSPS) is 12.9. The lowest BCUT2D eigenvalue weighted by molar-refractivity contribution is 0.130. The highest BCUT2D eigenvalue weighted by molar-refractivity contribution is 7.89. The Morgan fingerprint density at radius 1 is 1.08 bits per heavy atom. The average Bonchev–Trinajstić information content (AvgIpc) is 2.56. The fourth-order valence-electron chi connectivity index (χ4n) is 2.32. The Bertz CT molecular complexity index is 718. The number of rotatable bonds is 9. The Balaban J connectivity index is 2.12. The van der Waals surface area contributed by atoms with Crippen molar-refractivity contribution < 1.29 is 13.2 Å². The first-order valence-corrected chi connectivity index (χ1v) is 9.79. The van der Waals surface area contributed by atoms with Crippen molar-refractivity contribution in [3.05, 3.63) is 65.7 Å². The standard InChI is InChI=1S/C18H22ClNO3S/c1-15-7-9-18(10-8-15)24(21,22)20-17(14-23-12-11-19)13-16-5-3-2-4-6-16/h2-10,17,20H,11-14H2,1H3/t17-/m1/s1. The second-order valence-electron chi connectivity index (χ2n) is 5.58. The number of alkyl halides is 1. The first kappa shape index (κ1) is 18.9. The molecule has 0 aliphatic carbocycles. The van der Waals surface area contributed by atoms with Crippen LogP contribution in [0.2, 0.25) is 0 Å². The van der Waals surface area contributed by atoms with Crippen LogP contribution in [0.25, 0.3) is 0 Å². The van der Waals surface area contributed by atoms with Crippen molar-refractivity contribution in [2.45, 2.75) is 24.3 Å². The third-order valence-corrected chi connectivity index (χ3v) is 5.21. The summed E-state index contributed by atoms with van der Waals surface area (Å²) in [4.78, 5) is 0.253. The van der Waals surface area contributed by atoms with Crippen molar-refractivity contribution in [1.29, 1.82) is 0 Å². The Hall–Kier alpha value is -1.40. The first-order chi connectivity index (χ1) is 11.5. The maximum atomic E-state index is 12.6. The summed E-state index contributed by atoms with van der Waals surface area (Å²) in [7, 11) is -3.60. The van der Waals surface area contributed by atoms with Crippen LogP contribution in [0.15, 0.2) is 59.5 Å². The van der Waals surface area contributed by atoms with Crippen LogP contribution in [0.1, 0.15) is 11.1 Å². The molecule has 1 atom stereocenters. The van der Waals surface area contributed by atoms with Crippen LogP contribution in [0.3, 0.4) is 0 Å². The molecule has 130 valence electrons. The minimum atomic E-state index is -3.60. The van der Waals surface area contributed by atoms with E-state index in [4.69, 9.17) is 16.3 Å². The van der Waals surface area contributed by atoms with Gasteiger partial charge in [0.2, 0.25) is 10.0 Å². The highest BCUT2D eigenvalue weighted by atomic mass is 35.5. The number of halogens is 1. The largest absolute Gasteiger partial charge is 0.379 e. The van der Waals surface area contributed by atoms with Crippen molar-refractivity contribution in [2.75, 3.05) is 19.1 Å². The molecule has 2 rings (SSSR count). The van der Waals surface area contributed by atoms with Gasteiger partial charge in [-0.15, -0.1) is 11.6 Å². The van der Waals surface area contributed by atoms with Crippen LogP contribution in [-0.4, -0.2) is 33.6 Å². The molecule has 0 saturated heterocycles. The molecule has 0 fully saturated rings. The van der Waals surface area contributed by atoms with Crippen LogP contribution in [0, 0.1) is 6.92 Å². The molecule has 0 aromatic heterocycles. The van der Waals surface area contributed by atoms with Crippen molar-refractivity contribution in [2.24, 2.45) is 0 Å². The van der Waals surface area contributed by atoms with Crippen LogP contribution >= 0.6 is 11.6 Å². The summed E-state index contributed by atoms with van der Waals surface area (Å²) < 4.78 is 33.4. The van der Waals surface area contributed by atoms with Crippen molar-refractivity contribution in [3.63, 3.8) is 0 Å². The molecule has 0 unspecified atom stereocenters. The van der Waals surface area contributed by atoms with Gasteiger partial charge >= 0.3 is 0 Å². The van der Waals surface area contributed by atoms with E-state index >= 15 is 0 Å². The first-order valence-electron chi connectivity index (χ1n) is 7.78. The summed E-state index contributed by atoms with van der Waals surface area (Å²) in [6.07, 6.45) is 0.550. The van der Waals surface area contributed by atoms with Gasteiger partial charge in [-0.2, -0.15) is 0 Å². The van der Waals surface area contributed by atoms with Crippen LogP contribution in [0.5, 0.6) is 0 Å². The molecule has 0 radical (unpaired) electrons. The summed E-state index contributed by atoms with van der Waals surface area (Å²) in [6, 6.07) is 16.1. The van der Waals surface area contributed by atoms with E-state index in [0.29, 0.717) is 18.9 Å². The fourth-order valence-corrected chi connectivity index (χ4v) is 3.65. The molecular weight excluding hydrogens is 346 g/mol. The van der Waals surface area contributed by atoms with Crippen LogP contribution in [-0.2, 0) is 21.2 Å².